The van der Waals surface area contributed by atoms with Crippen LogP contribution in [0.4, 0.5) is 0 Å². The molecule has 0 spiro atoms. The zero-order valence-corrected chi connectivity index (χ0v) is 16.6. The van der Waals surface area contributed by atoms with Crippen LogP contribution < -0.4 is 0 Å². The summed E-state index contributed by atoms with van der Waals surface area (Å²) in [5, 5.41) is 0. The van der Waals surface area contributed by atoms with Crippen LogP contribution in [-0.2, 0) is 19.1 Å². The van der Waals surface area contributed by atoms with Crippen molar-refractivity contribution in [3.05, 3.63) is 24.0 Å². The van der Waals surface area contributed by atoms with Crippen molar-refractivity contribution in [2.45, 2.75) is 90.9 Å². The van der Waals surface area contributed by atoms with Gasteiger partial charge in [-0.3, -0.25) is 9.59 Å². The van der Waals surface area contributed by atoms with Crippen molar-refractivity contribution < 1.29 is 19.1 Å². The summed E-state index contributed by atoms with van der Waals surface area (Å²) in [6.07, 6.45) is 19.4. The summed E-state index contributed by atoms with van der Waals surface area (Å²) in [4.78, 5) is 23.2. The van der Waals surface area contributed by atoms with E-state index in [1.165, 1.54) is 51.9 Å². The molecule has 0 fully saturated rings. The van der Waals surface area contributed by atoms with Crippen LogP contribution in [-0.4, -0.2) is 18.5 Å². The molecule has 148 valence electrons. The molecular formula is C22H36O4. The van der Waals surface area contributed by atoms with E-state index in [-0.39, 0.29) is 17.9 Å². The fourth-order valence-corrected chi connectivity index (χ4v) is 3.06. The molecule has 0 amide bonds. The van der Waals surface area contributed by atoms with Crippen molar-refractivity contribution in [2.24, 2.45) is 5.92 Å². The number of carbonyl (C=O) groups is 2. The van der Waals surface area contributed by atoms with Crippen LogP contribution in [0.15, 0.2) is 24.0 Å². The van der Waals surface area contributed by atoms with Gasteiger partial charge < -0.3 is 9.47 Å². The highest BCUT2D eigenvalue weighted by atomic mass is 16.5. The number of hydrogen-bond donors (Lipinski definition) is 0. The summed E-state index contributed by atoms with van der Waals surface area (Å²) in [7, 11) is 0. The molecule has 1 unspecified atom stereocenters. The molecule has 0 bridgehead atoms. The first-order chi connectivity index (χ1) is 12.6. The normalized spacial score (nSPS) is 26.0. The summed E-state index contributed by atoms with van der Waals surface area (Å²) >= 11 is 0. The topological polar surface area (TPSA) is 52.6 Å². The standard InChI is InChI=1S/C22H36O4/c1-19-15-14-17-21(26-20(2)23)16-12-10-8-6-4-3-5-7-9-11-13-18-25-22(19)24/h14-15,17,19H,3-13,16,18H2,1-2H3/b15-14-,21-17+. The predicted octanol–water partition coefficient (Wildman–Crippen LogP) is 5.86. The lowest BCUT2D eigenvalue weighted by Crippen LogP contribution is -2.13. The third kappa shape index (κ3) is 11.9. The van der Waals surface area contributed by atoms with E-state index in [0.717, 1.165) is 32.1 Å². The highest BCUT2D eigenvalue weighted by Gasteiger charge is 2.10. The molecule has 26 heavy (non-hydrogen) atoms. The Morgan fingerprint density at radius 2 is 1.50 bits per heavy atom. The highest BCUT2D eigenvalue weighted by Crippen LogP contribution is 2.16. The van der Waals surface area contributed by atoms with Gasteiger partial charge in [0.05, 0.1) is 12.5 Å². The number of carbonyl (C=O) groups excluding carboxylic acids is 2. The number of esters is 2. The first kappa shape index (κ1) is 22.5. The van der Waals surface area contributed by atoms with E-state index in [9.17, 15) is 9.59 Å². The minimum Gasteiger partial charge on any atom is -0.465 e. The molecule has 4 heteroatoms. The molecule has 0 N–H and O–H groups in total. The first-order valence-electron chi connectivity index (χ1n) is 10.3. The summed E-state index contributed by atoms with van der Waals surface area (Å²) in [5.74, 6) is -0.121. The Morgan fingerprint density at radius 3 is 2.08 bits per heavy atom. The van der Waals surface area contributed by atoms with Gasteiger partial charge in [-0.2, -0.15) is 0 Å². The van der Waals surface area contributed by atoms with Crippen LogP contribution in [0.3, 0.4) is 0 Å². The molecule has 0 saturated carbocycles. The van der Waals surface area contributed by atoms with Crippen LogP contribution in [0.1, 0.15) is 90.9 Å². The summed E-state index contributed by atoms with van der Waals surface area (Å²) in [5.41, 5.74) is 0. The maximum atomic E-state index is 12.0. The van der Waals surface area contributed by atoms with Crippen molar-refractivity contribution in [1.82, 2.24) is 0 Å². The van der Waals surface area contributed by atoms with Crippen LogP contribution in [0.5, 0.6) is 0 Å². The van der Waals surface area contributed by atoms with Crippen molar-refractivity contribution in [3.8, 4) is 0 Å². The molecule has 1 aliphatic rings. The Bertz CT molecular complexity index is 465. The molecule has 4 nitrogen and oxygen atoms in total. The fraction of sp³-hybridized carbons (Fsp3) is 0.727. The second kappa shape index (κ2) is 14.6. The lowest BCUT2D eigenvalue weighted by Gasteiger charge is -2.09. The quantitative estimate of drug-likeness (QED) is 0.547. The minimum absolute atomic E-state index is 0.196. The summed E-state index contributed by atoms with van der Waals surface area (Å²) in [6, 6.07) is 0. The van der Waals surface area contributed by atoms with E-state index in [4.69, 9.17) is 9.47 Å². The van der Waals surface area contributed by atoms with Crippen LogP contribution >= 0.6 is 0 Å². The third-order valence-electron chi connectivity index (χ3n) is 4.64. The van der Waals surface area contributed by atoms with Crippen LogP contribution in [0.2, 0.25) is 0 Å². The fourth-order valence-electron chi connectivity index (χ4n) is 3.06. The summed E-state index contributed by atoms with van der Waals surface area (Å²) in [6.45, 7) is 3.75. The lowest BCUT2D eigenvalue weighted by atomic mass is 10.0. The number of hydrogen-bond acceptors (Lipinski definition) is 4. The van der Waals surface area contributed by atoms with Gasteiger partial charge in [0, 0.05) is 13.3 Å². The summed E-state index contributed by atoms with van der Waals surface area (Å²) < 4.78 is 10.6. The number of ether oxygens (including phenoxy) is 2. The smallest absolute Gasteiger partial charge is 0.312 e. The van der Waals surface area contributed by atoms with E-state index >= 15 is 0 Å². The average Bonchev–Trinajstić information content (AvgIpc) is 2.60. The Kier molecular flexibility index (Phi) is 12.6. The van der Waals surface area contributed by atoms with E-state index < -0.39 is 0 Å². The maximum absolute atomic E-state index is 12.0. The monoisotopic (exact) mass is 364 g/mol. The van der Waals surface area contributed by atoms with Crippen molar-refractivity contribution >= 4 is 11.9 Å². The van der Waals surface area contributed by atoms with Crippen LogP contribution in [0, 0.1) is 5.92 Å². The second-order valence-electron chi connectivity index (χ2n) is 7.21. The van der Waals surface area contributed by atoms with E-state index in [0.29, 0.717) is 12.4 Å². The van der Waals surface area contributed by atoms with Gasteiger partial charge in [-0.25, -0.2) is 0 Å². The van der Waals surface area contributed by atoms with Gasteiger partial charge >= 0.3 is 11.9 Å². The largest absolute Gasteiger partial charge is 0.465 e. The van der Waals surface area contributed by atoms with Crippen LogP contribution in [0.25, 0.3) is 0 Å². The van der Waals surface area contributed by atoms with E-state index in [1.807, 2.05) is 6.92 Å². The minimum atomic E-state index is -0.299. The van der Waals surface area contributed by atoms with Gasteiger partial charge in [-0.15, -0.1) is 0 Å². The molecule has 0 radical (unpaired) electrons. The van der Waals surface area contributed by atoms with E-state index in [1.54, 1.807) is 18.2 Å². The van der Waals surface area contributed by atoms with Gasteiger partial charge in [0.1, 0.15) is 5.76 Å². The van der Waals surface area contributed by atoms with Crippen molar-refractivity contribution in [2.75, 3.05) is 6.61 Å². The maximum Gasteiger partial charge on any atom is 0.312 e. The number of rotatable bonds is 1. The number of allylic oxidation sites excluding steroid dienone is 3. The SMILES string of the molecule is CC(=O)O/C1=C/C=C\C(C)C(=O)OCCCCCCCCCCCCC1. The van der Waals surface area contributed by atoms with Gasteiger partial charge in [0.25, 0.3) is 0 Å². The second-order valence-corrected chi connectivity index (χ2v) is 7.21. The predicted molar refractivity (Wildman–Crippen MR) is 105 cm³/mol. The Hall–Kier alpha value is -1.58. The van der Waals surface area contributed by atoms with Gasteiger partial charge in [0.15, 0.2) is 0 Å². The zero-order chi connectivity index (χ0) is 19.0. The molecule has 0 aromatic carbocycles. The Balaban J connectivity index is 2.58. The molecule has 0 aromatic rings. The van der Waals surface area contributed by atoms with Crippen molar-refractivity contribution in [1.29, 1.82) is 0 Å². The molecule has 0 saturated heterocycles. The van der Waals surface area contributed by atoms with E-state index in [2.05, 4.69) is 0 Å². The molecular weight excluding hydrogens is 328 g/mol. The molecule has 1 atom stereocenters. The Morgan fingerprint density at radius 1 is 0.962 bits per heavy atom. The Labute approximate surface area is 159 Å². The van der Waals surface area contributed by atoms with Gasteiger partial charge in [0.2, 0.25) is 0 Å². The third-order valence-corrected chi connectivity index (χ3v) is 4.64. The highest BCUT2D eigenvalue weighted by molar-refractivity contribution is 5.74. The van der Waals surface area contributed by atoms with Crippen molar-refractivity contribution in [3.63, 3.8) is 0 Å². The molecule has 0 aromatic heterocycles. The molecule has 1 heterocycles. The molecule has 1 aliphatic heterocycles. The van der Waals surface area contributed by atoms with Gasteiger partial charge in [-0.1, -0.05) is 69.9 Å². The van der Waals surface area contributed by atoms with Gasteiger partial charge in [-0.05, 0) is 25.8 Å². The lowest BCUT2D eigenvalue weighted by molar-refractivity contribution is -0.146. The first-order valence-corrected chi connectivity index (χ1v) is 10.3. The molecule has 1 rings (SSSR count). The molecule has 0 aliphatic carbocycles. The average molecular weight is 365 g/mol. The zero-order valence-electron chi connectivity index (χ0n) is 16.6. The number of cyclic esters (lactones) is 1.